The van der Waals surface area contributed by atoms with Gasteiger partial charge in [-0.15, -0.1) is 0 Å². The lowest BCUT2D eigenvalue weighted by Crippen LogP contribution is -2.48. The summed E-state index contributed by atoms with van der Waals surface area (Å²) < 4.78 is 13.4. The molecule has 8 nitrogen and oxygen atoms in total. The molecule has 1 heterocycles. The Labute approximate surface area is 173 Å². The molecule has 9 heteroatoms. The number of carbonyl (C=O) groups excluding carboxylic acids is 2. The first-order valence-corrected chi connectivity index (χ1v) is 9.55. The maximum absolute atomic E-state index is 13.4. The van der Waals surface area contributed by atoms with Gasteiger partial charge in [0.2, 0.25) is 5.91 Å². The fraction of sp³-hybridized carbons (Fsp3) is 0.333. The number of nitro benzene ring substituents is 1. The van der Waals surface area contributed by atoms with Crippen LogP contribution in [-0.2, 0) is 11.3 Å². The topological polar surface area (TPSA) is 87.0 Å². The van der Waals surface area contributed by atoms with E-state index in [9.17, 15) is 24.1 Å². The van der Waals surface area contributed by atoms with E-state index in [1.165, 1.54) is 30.0 Å². The minimum Gasteiger partial charge on any atom is -0.362 e. The molecular formula is C21H23FN4O4. The number of piperazine rings is 1. The molecule has 0 N–H and O–H groups in total. The highest BCUT2D eigenvalue weighted by Crippen LogP contribution is 2.30. The van der Waals surface area contributed by atoms with Crippen molar-refractivity contribution in [3.63, 3.8) is 0 Å². The SMILES string of the molecule is CC(=O)N1CCN(c2ccc(C(=O)N(C)Cc3cccc(F)c3)cc2[N+](=O)[O-])CC1. The number of hydrogen-bond acceptors (Lipinski definition) is 5. The van der Waals surface area contributed by atoms with Crippen LogP contribution in [0.2, 0.25) is 0 Å². The maximum Gasteiger partial charge on any atom is 0.293 e. The lowest BCUT2D eigenvalue weighted by atomic mass is 10.1. The molecule has 1 aliphatic rings. The molecule has 1 fully saturated rings. The number of amides is 2. The summed E-state index contributed by atoms with van der Waals surface area (Å²) in [6.07, 6.45) is 0. The Bertz CT molecular complexity index is 973. The molecule has 0 unspecified atom stereocenters. The Hall–Kier alpha value is -3.49. The molecule has 30 heavy (non-hydrogen) atoms. The summed E-state index contributed by atoms with van der Waals surface area (Å²) in [6, 6.07) is 10.3. The van der Waals surface area contributed by atoms with Gasteiger partial charge in [0, 0.05) is 58.3 Å². The van der Waals surface area contributed by atoms with Crippen LogP contribution in [0.15, 0.2) is 42.5 Å². The molecule has 2 aromatic rings. The Kier molecular flexibility index (Phi) is 6.29. The smallest absolute Gasteiger partial charge is 0.293 e. The average molecular weight is 414 g/mol. The molecule has 3 rings (SSSR count). The Balaban J connectivity index is 1.78. The number of halogens is 1. The van der Waals surface area contributed by atoms with Crippen molar-refractivity contribution in [2.24, 2.45) is 0 Å². The fourth-order valence-electron chi connectivity index (χ4n) is 3.53. The van der Waals surface area contributed by atoms with E-state index in [4.69, 9.17) is 0 Å². The Morgan fingerprint density at radius 1 is 1.13 bits per heavy atom. The van der Waals surface area contributed by atoms with E-state index in [1.54, 1.807) is 36.2 Å². The van der Waals surface area contributed by atoms with Crippen LogP contribution >= 0.6 is 0 Å². The van der Waals surface area contributed by atoms with E-state index in [1.807, 2.05) is 4.90 Å². The summed E-state index contributed by atoms with van der Waals surface area (Å²) in [7, 11) is 1.56. The average Bonchev–Trinajstić information content (AvgIpc) is 2.72. The third-order valence-electron chi connectivity index (χ3n) is 5.14. The molecule has 1 saturated heterocycles. The molecule has 2 aromatic carbocycles. The first-order valence-electron chi connectivity index (χ1n) is 9.55. The van der Waals surface area contributed by atoms with Crippen LogP contribution in [0.5, 0.6) is 0 Å². The van der Waals surface area contributed by atoms with Crippen molar-refractivity contribution in [2.75, 3.05) is 38.1 Å². The van der Waals surface area contributed by atoms with Gasteiger partial charge in [0.1, 0.15) is 11.5 Å². The van der Waals surface area contributed by atoms with Crippen molar-refractivity contribution in [2.45, 2.75) is 13.5 Å². The van der Waals surface area contributed by atoms with Crippen molar-refractivity contribution in [3.05, 3.63) is 69.5 Å². The first kappa shape index (κ1) is 21.2. The minimum atomic E-state index is -0.504. The number of nitrogens with zero attached hydrogens (tertiary/aromatic N) is 4. The lowest BCUT2D eigenvalue weighted by Gasteiger charge is -2.35. The second-order valence-electron chi connectivity index (χ2n) is 7.24. The highest BCUT2D eigenvalue weighted by Gasteiger charge is 2.26. The van der Waals surface area contributed by atoms with Crippen LogP contribution in [0.25, 0.3) is 0 Å². The fourth-order valence-corrected chi connectivity index (χ4v) is 3.53. The zero-order valence-electron chi connectivity index (χ0n) is 16.9. The van der Waals surface area contributed by atoms with Gasteiger partial charge in [-0.25, -0.2) is 4.39 Å². The standard InChI is InChI=1S/C21H23FN4O4/c1-15(27)24-8-10-25(11-9-24)19-7-6-17(13-20(19)26(29)30)21(28)23(2)14-16-4-3-5-18(22)12-16/h3-7,12-13H,8-11,14H2,1-2H3. The summed E-state index contributed by atoms with van der Waals surface area (Å²) >= 11 is 0. The van der Waals surface area contributed by atoms with Gasteiger partial charge in [-0.2, -0.15) is 0 Å². The lowest BCUT2D eigenvalue weighted by molar-refractivity contribution is -0.384. The second-order valence-corrected chi connectivity index (χ2v) is 7.24. The number of anilines is 1. The van der Waals surface area contributed by atoms with E-state index in [0.717, 1.165) is 0 Å². The molecule has 0 saturated carbocycles. The summed E-state index contributed by atoms with van der Waals surface area (Å²) in [5.41, 5.74) is 1.08. The first-order chi connectivity index (χ1) is 14.3. The van der Waals surface area contributed by atoms with Gasteiger partial charge in [0.25, 0.3) is 11.6 Å². The van der Waals surface area contributed by atoms with Crippen LogP contribution in [0.3, 0.4) is 0 Å². The quantitative estimate of drug-likeness (QED) is 0.555. The van der Waals surface area contributed by atoms with Crippen molar-refractivity contribution in [1.82, 2.24) is 9.80 Å². The van der Waals surface area contributed by atoms with Gasteiger partial charge >= 0.3 is 0 Å². The maximum atomic E-state index is 13.4. The number of hydrogen-bond donors (Lipinski definition) is 0. The van der Waals surface area contributed by atoms with E-state index < -0.39 is 16.6 Å². The summed E-state index contributed by atoms with van der Waals surface area (Å²) in [4.78, 5) is 40.3. The van der Waals surface area contributed by atoms with Crippen LogP contribution in [0, 0.1) is 15.9 Å². The normalized spacial score (nSPS) is 13.8. The van der Waals surface area contributed by atoms with Crippen molar-refractivity contribution < 1.29 is 18.9 Å². The molecule has 0 atom stereocenters. The predicted octanol–water partition coefficient (Wildman–Crippen LogP) is 2.67. The molecule has 1 aliphatic heterocycles. The molecule has 0 bridgehead atoms. The monoisotopic (exact) mass is 414 g/mol. The van der Waals surface area contributed by atoms with Gasteiger partial charge in [0.05, 0.1) is 4.92 Å². The second kappa shape index (κ2) is 8.89. The van der Waals surface area contributed by atoms with Crippen molar-refractivity contribution in [1.29, 1.82) is 0 Å². The molecule has 2 amide bonds. The van der Waals surface area contributed by atoms with Crippen LogP contribution in [0.1, 0.15) is 22.8 Å². The van der Waals surface area contributed by atoms with E-state index >= 15 is 0 Å². The van der Waals surface area contributed by atoms with Gasteiger partial charge in [-0.3, -0.25) is 19.7 Å². The highest BCUT2D eigenvalue weighted by molar-refractivity contribution is 5.95. The molecular weight excluding hydrogens is 391 g/mol. The molecule has 0 aromatic heterocycles. The number of rotatable bonds is 5. The van der Waals surface area contributed by atoms with Crippen LogP contribution < -0.4 is 4.90 Å². The van der Waals surface area contributed by atoms with E-state index in [2.05, 4.69) is 0 Å². The van der Waals surface area contributed by atoms with Gasteiger partial charge < -0.3 is 14.7 Å². The largest absolute Gasteiger partial charge is 0.362 e. The van der Waals surface area contributed by atoms with Gasteiger partial charge in [0.15, 0.2) is 0 Å². The zero-order valence-corrected chi connectivity index (χ0v) is 16.9. The molecule has 0 spiro atoms. The van der Waals surface area contributed by atoms with E-state index in [-0.39, 0.29) is 23.7 Å². The zero-order chi connectivity index (χ0) is 21.8. The van der Waals surface area contributed by atoms with Crippen LogP contribution in [0.4, 0.5) is 15.8 Å². The Morgan fingerprint density at radius 2 is 1.83 bits per heavy atom. The molecule has 0 aliphatic carbocycles. The Morgan fingerprint density at radius 3 is 2.43 bits per heavy atom. The molecule has 158 valence electrons. The van der Waals surface area contributed by atoms with Gasteiger partial charge in [-0.05, 0) is 29.8 Å². The van der Waals surface area contributed by atoms with Crippen molar-refractivity contribution in [3.8, 4) is 0 Å². The summed E-state index contributed by atoms with van der Waals surface area (Å²) in [5.74, 6) is -0.806. The number of carbonyl (C=O) groups is 2. The highest BCUT2D eigenvalue weighted by atomic mass is 19.1. The third kappa shape index (κ3) is 4.73. The summed E-state index contributed by atoms with van der Waals surface area (Å²) in [6.45, 7) is 3.62. The minimum absolute atomic E-state index is 0.0218. The van der Waals surface area contributed by atoms with E-state index in [0.29, 0.717) is 37.4 Å². The summed E-state index contributed by atoms with van der Waals surface area (Å²) in [5, 5.41) is 11.7. The third-order valence-corrected chi connectivity index (χ3v) is 5.14. The molecule has 0 radical (unpaired) electrons. The van der Waals surface area contributed by atoms with Gasteiger partial charge in [-0.1, -0.05) is 12.1 Å². The number of nitro groups is 1. The number of benzene rings is 2. The van der Waals surface area contributed by atoms with Crippen LogP contribution in [-0.4, -0.2) is 59.8 Å². The predicted molar refractivity (Wildman–Crippen MR) is 110 cm³/mol. The van der Waals surface area contributed by atoms with Crippen molar-refractivity contribution >= 4 is 23.2 Å².